The first-order valence-electron chi connectivity index (χ1n) is 10.3. The monoisotopic (exact) mass is 434 g/mol. The van der Waals surface area contributed by atoms with Crippen molar-refractivity contribution in [2.75, 3.05) is 12.4 Å². The largest absolute Gasteiger partial charge is 0.469 e. The molecule has 0 fully saturated rings. The molecule has 9 heteroatoms. The summed E-state index contributed by atoms with van der Waals surface area (Å²) in [6, 6.07) is 11.0. The maximum absolute atomic E-state index is 12.7. The number of methoxy groups -OCH3 is 1. The number of hydrogen-bond donors (Lipinski definition) is 1. The highest BCUT2D eigenvalue weighted by atomic mass is 16.5. The van der Waals surface area contributed by atoms with Crippen molar-refractivity contribution < 1.29 is 14.3 Å². The van der Waals surface area contributed by atoms with Crippen LogP contribution in [0, 0.1) is 32.1 Å². The second-order valence-corrected chi connectivity index (χ2v) is 7.44. The molecule has 3 rings (SSSR count). The fraction of sp³-hybridized carbons (Fsp3) is 0.348. The number of anilines is 1. The van der Waals surface area contributed by atoms with Crippen LogP contribution in [0.5, 0.6) is 0 Å². The Labute approximate surface area is 186 Å². The topological polar surface area (TPSA) is 115 Å². The maximum Gasteiger partial charge on any atom is 0.305 e. The van der Waals surface area contributed by atoms with E-state index in [4.69, 9.17) is 10.00 Å². The number of benzene rings is 1. The van der Waals surface area contributed by atoms with E-state index in [0.717, 1.165) is 28.3 Å². The molecule has 3 aromatic rings. The normalized spacial score (nSPS) is 10.6. The molecule has 1 aromatic carbocycles. The molecule has 0 aliphatic rings. The highest BCUT2D eigenvalue weighted by Gasteiger charge is 2.16. The van der Waals surface area contributed by atoms with Gasteiger partial charge < -0.3 is 10.1 Å². The summed E-state index contributed by atoms with van der Waals surface area (Å²) >= 11 is 0. The average Bonchev–Trinajstić information content (AvgIpc) is 3.28. The lowest BCUT2D eigenvalue weighted by atomic mass is 10.1. The minimum atomic E-state index is -0.262. The summed E-state index contributed by atoms with van der Waals surface area (Å²) in [4.78, 5) is 24.2. The van der Waals surface area contributed by atoms with Crippen LogP contribution in [-0.2, 0) is 22.5 Å². The predicted molar refractivity (Wildman–Crippen MR) is 119 cm³/mol. The van der Waals surface area contributed by atoms with Crippen molar-refractivity contribution in [3.05, 3.63) is 58.5 Å². The van der Waals surface area contributed by atoms with Crippen molar-refractivity contribution in [3.8, 4) is 11.8 Å². The van der Waals surface area contributed by atoms with E-state index in [9.17, 15) is 9.59 Å². The van der Waals surface area contributed by atoms with Gasteiger partial charge in [-0.15, -0.1) is 0 Å². The zero-order chi connectivity index (χ0) is 23.3. The van der Waals surface area contributed by atoms with E-state index in [2.05, 4.69) is 21.6 Å². The van der Waals surface area contributed by atoms with Crippen LogP contribution in [0.25, 0.3) is 5.69 Å². The number of nitrogens with one attached hydrogen (secondary N) is 1. The van der Waals surface area contributed by atoms with Crippen LogP contribution in [0.3, 0.4) is 0 Å². The number of aryl methyl sites for hydroxylation is 3. The summed E-state index contributed by atoms with van der Waals surface area (Å²) in [5, 5.41) is 20.6. The summed E-state index contributed by atoms with van der Waals surface area (Å²) in [5.74, 6) is 0.0403. The van der Waals surface area contributed by atoms with E-state index in [1.54, 1.807) is 22.9 Å². The number of hydrogen-bond acceptors (Lipinski definition) is 6. The Morgan fingerprint density at radius 2 is 1.88 bits per heavy atom. The molecule has 0 saturated heterocycles. The van der Waals surface area contributed by atoms with E-state index in [0.29, 0.717) is 37.2 Å². The number of esters is 1. The number of carbonyl (C=O) groups excluding carboxylic acids is 2. The number of aromatic nitrogens is 4. The Morgan fingerprint density at radius 1 is 1.16 bits per heavy atom. The number of nitrogens with zero attached hydrogens (tertiary/aromatic N) is 5. The molecule has 0 spiro atoms. The molecule has 0 bridgehead atoms. The fourth-order valence-electron chi connectivity index (χ4n) is 3.53. The van der Waals surface area contributed by atoms with Crippen LogP contribution in [0.2, 0.25) is 0 Å². The predicted octanol–water partition coefficient (Wildman–Crippen LogP) is 3.27. The standard InChI is InChI=1S/C23H26N6O3/c1-15-14-21(28(26-15)13-5-12-24)25-23(31)18-6-8-19(9-7-18)29-17(3)20(16(2)27-29)10-11-22(30)32-4/h6-9,14H,5,10-11,13H2,1-4H3,(H,25,31). The quantitative estimate of drug-likeness (QED) is 0.544. The van der Waals surface area contributed by atoms with Gasteiger partial charge in [-0.2, -0.15) is 15.5 Å². The van der Waals surface area contributed by atoms with Crippen molar-refractivity contribution >= 4 is 17.7 Å². The van der Waals surface area contributed by atoms with Gasteiger partial charge in [0.05, 0.1) is 43.2 Å². The smallest absolute Gasteiger partial charge is 0.305 e. The van der Waals surface area contributed by atoms with Gasteiger partial charge in [0.1, 0.15) is 5.82 Å². The molecule has 0 aliphatic heterocycles. The SMILES string of the molecule is COC(=O)CCc1c(C)nn(-c2ccc(C(=O)Nc3cc(C)nn3CCC#N)cc2)c1C. The molecule has 166 valence electrons. The van der Waals surface area contributed by atoms with Gasteiger partial charge in [0.25, 0.3) is 5.91 Å². The third-order valence-electron chi connectivity index (χ3n) is 5.20. The zero-order valence-corrected chi connectivity index (χ0v) is 18.7. The summed E-state index contributed by atoms with van der Waals surface area (Å²) in [6.45, 7) is 6.11. The molecule has 2 aromatic heterocycles. The second-order valence-electron chi connectivity index (χ2n) is 7.44. The van der Waals surface area contributed by atoms with Gasteiger partial charge in [-0.1, -0.05) is 0 Å². The van der Waals surface area contributed by atoms with Crippen molar-refractivity contribution in [1.29, 1.82) is 5.26 Å². The second kappa shape index (κ2) is 9.92. The van der Waals surface area contributed by atoms with Gasteiger partial charge in [-0.25, -0.2) is 9.36 Å². The lowest BCUT2D eigenvalue weighted by Gasteiger charge is -2.09. The van der Waals surface area contributed by atoms with Gasteiger partial charge >= 0.3 is 5.97 Å². The van der Waals surface area contributed by atoms with Crippen molar-refractivity contribution in [2.24, 2.45) is 0 Å². The molecular formula is C23H26N6O3. The number of amides is 1. The Kier molecular flexibility index (Phi) is 7.05. The fourth-order valence-corrected chi connectivity index (χ4v) is 3.53. The van der Waals surface area contributed by atoms with Crippen LogP contribution < -0.4 is 5.32 Å². The van der Waals surface area contributed by atoms with Gasteiger partial charge in [-0.3, -0.25) is 9.59 Å². The van der Waals surface area contributed by atoms with Crippen LogP contribution in [0.4, 0.5) is 5.82 Å². The van der Waals surface area contributed by atoms with Gasteiger partial charge in [0, 0.05) is 23.7 Å². The Hall–Kier alpha value is -3.93. The lowest BCUT2D eigenvalue weighted by molar-refractivity contribution is -0.140. The summed E-state index contributed by atoms with van der Waals surface area (Å²) in [6.07, 6.45) is 1.17. The zero-order valence-electron chi connectivity index (χ0n) is 18.7. The third-order valence-corrected chi connectivity index (χ3v) is 5.20. The Morgan fingerprint density at radius 3 is 2.53 bits per heavy atom. The number of ether oxygens (including phenoxy) is 1. The number of carbonyl (C=O) groups is 2. The molecule has 0 saturated carbocycles. The van der Waals surface area contributed by atoms with E-state index in [1.165, 1.54) is 7.11 Å². The first kappa shape index (κ1) is 22.7. The summed E-state index contributed by atoms with van der Waals surface area (Å²) < 4.78 is 8.16. The molecule has 0 aliphatic carbocycles. The Bertz CT molecular complexity index is 1170. The lowest BCUT2D eigenvalue weighted by Crippen LogP contribution is -2.16. The molecule has 1 N–H and O–H groups in total. The first-order chi connectivity index (χ1) is 15.3. The molecule has 0 radical (unpaired) electrons. The van der Waals surface area contributed by atoms with Gasteiger partial charge in [0.15, 0.2) is 0 Å². The molecular weight excluding hydrogens is 408 g/mol. The van der Waals surface area contributed by atoms with Crippen LogP contribution in [-0.4, -0.2) is 38.5 Å². The highest BCUT2D eigenvalue weighted by Crippen LogP contribution is 2.20. The number of nitriles is 1. The van der Waals surface area contributed by atoms with E-state index in [-0.39, 0.29) is 11.9 Å². The molecule has 2 heterocycles. The molecule has 1 amide bonds. The van der Waals surface area contributed by atoms with Crippen LogP contribution in [0.1, 0.15) is 45.8 Å². The van der Waals surface area contributed by atoms with E-state index in [1.807, 2.05) is 37.6 Å². The third kappa shape index (κ3) is 5.03. The van der Waals surface area contributed by atoms with Crippen molar-refractivity contribution in [2.45, 2.75) is 46.6 Å². The minimum Gasteiger partial charge on any atom is -0.469 e. The van der Waals surface area contributed by atoms with Gasteiger partial charge in [-0.05, 0) is 57.0 Å². The van der Waals surface area contributed by atoms with Crippen LogP contribution >= 0.6 is 0 Å². The highest BCUT2D eigenvalue weighted by molar-refractivity contribution is 6.03. The van der Waals surface area contributed by atoms with Crippen molar-refractivity contribution in [3.63, 3.8) is 0 Å². The van der Waals surface area contributed by atoms with Crippen LogP contribution in [0.15, 0.2) is 30.3 Å². The average molecular weight is 435 g/mol. The maximum atomic E-state index is 12.7. The van der Waals surface area contributed by atoms with E-state index < -0.39 is 0 Å². The molecule has 9 nitrogen and oxygen atoms in total. The summed E-state index contributed by atoms with van der Waals surface area (Å²) in [7, 11) is 1.38. The first-order valence-corrected chi connectivity index (χ1v) is 10.3. The Balaban J connectivity index is 1.75. The van der Waals surface area contributed by atoms with E-state index >= 15 is 0 Å². The summed E-state index contributed by atoms with van der Waals surface area (Å²) in [5.41, 5.74) is 4.89. The molecule has 32 heavy (non-hydrogen) atoms. The minimum absolute atomic E-state index is 0.254. The van der Waals surface area contributed by atoms with Crippen molar-refractivity contribution in [1.82, 2.24) is 19.6 Å². The molecule has 0 unspecified atom stereocenters. The molecule has 0 atom stereocenters. The van der Waals surface area contributed by atoms with Gasteiger partial charge in [0.2, 0.25) is 0 Å². The number of rotatable bonds is 8.